The first kappa shape index (κ1) is 11.7. The van der Waals surface area contributed by atoms with Crippen molar-refractivity contribution < 1.29 is 13.2 Å². The Morgan fingerprint density at radius 2 is 2.25 bits per heavy atom. The predicted octanol–water partition coefficient (Wildman–Crippen LogP) is 1.49. The monoisotopic (exact) mass is 261 g/mol. The number of sulfonamides is 1. The van der Waals surface area contributed by atoms with Crippen molar-refractivity contribution in [2.75, 3.05) is 12.4 Å². The minimum atomic E-state index is -3.47. The maximum Gasteiger partial charge on any atom is 0.209 e. The number of rotatable bonds is 2. The van der Waals surface area contributed by atoms with Crippen LogP contribution < -0.4 is 9.88 Å². The van der Waals surface area contributed by atoms with Crippen LogP contribution in [0.2, 0.25) is 5.02 Å². The zero-order chi connectivity index (χ0) is 11.8. The number of primary sulfonamides is 1. The molecule has 0 spiro atoms. The molecule has 0 aliphatic carbocycles. The second-order valence-corrected chi connectivity index (χ2v) is 5.94. The number of nitrogens with two attached hydrogens (primary N) is 1. The van der Waals surface area contributed by atoms with Crippen LogP contribution in [-0.4, -0.2) is 20.8 Å². The molecule has 1 aliphatic rings. The van der Waals surface area contributed by atoms with E-state index >= 15 is 0 Å². The Balaban J connectivity index is 2.33. The molecule has 0 unspecified atom stereocenters. The smallest absolute Gasteiger partial charge is 0.209 e. The van der Waals surface area contributed by atoms with Gasteiger partial charge in [0.25, 0.3) is 0 Å². The molecular formula is C10H12ClNO3S. The molecule has 2 N–H and O–H groups in total. The van der Waals surface area contributed by atoms with E-state index in [2.05, 4.69) is 0 Å². The summed E-state index contributed by atoms with van der Waals surface area (Å²) in [7, 11) is -3.47. The Morgan fingerprint density at radius 1 is 1.50 bits per heavy atom. The molecule has 1 atom stereocenters. The van der Waals surface area contributed by atoms with Crippen LogP contribution in [0.5, 0.6) is 5.75 Å². The van der Waals surface area contributed by atoms with Crippen LogP contribution in [0.4, 0.5) is 0 Å². The van der Waals surface area contributed by atoms with Crippen molar-refractivity contribution in [2.24, 2.45) is 5.14 Å². The van der Waals surface area contributed by atoms with E-state index in [1.165, 1.54) is 0 Å². The highest BCUT2D eigenvalue weighted by molar-refractivity contribution is 7.89. The summed E-state index contributed by atoms with van der Waals surface area (Å²) < 4.78 is 27.6. The molecule has 0 aromatic heterocycles. The lowest BCUT2D eigenvalue weighted by Gasteiger charge is -2.25. The van der Waals surface area contributed by atoms with Crippen LogP contribution in [0.1, 0.15) is 17.9 Å². The molecule has 1 aliphatic heterocycles. The van der Waals surface area contributed by atoms with Gasteiger partial charge in [-0.25, -0.2) is 13.6 Å². The minimum absolute atomic E-state index is 0.0506. The molecule has 0 bridgehead atoms. The first-order valence-corrected chi connectivity index (χ1v) is 6.98. The summed E-state index contributed by atoms with van der Waals surface area (Å²) in [6.45, 7) is 0.494. The zero-order valence-electron chi connectivity index (χ0n) is 8.52. The van der Waals surface area contributed by atoms with Crippen LogP contribution >= 0.6 is 11.6 Å². The predicted molar refractivity (Wildman–Crippen MR) is 62.3 cm³/mol. The second-order valence-electron chi connectivity index (χ2n) is 3.85. The number of fused-ring (bicyclic) bond motifs is 1. The molecule has 1 aromatic carbocycles. The quantitative estimate of drug-likeness (QED) is 0.877. The molecule has 88 valence electrons. The van der Waals surface area contributed by atoms with Gasteiger partial charge in [-0.05, 0) is 24.1 Å². The lowest BCUT2D eigenvalue weighted by molar-refractivity contribution is 0.272. The van der Waals surface area contributed by atoms with Gasteiger partial charge in [-0.15, -0.1) is 0 Å². The average Bonchev–Trinajstić information content (AvgIpc) is 2.15. The molecule has 0 saturated heterocycles. The number of hydrogen-bond donors (Lipinski definition) is 1. The van der Waals surface area contributed by atoms with Gasteiger partial charge in [-0.3, -0.25) is 0 Å². The Bertz CT molecular complexity index is 501. The lowest BCUT2D eigenvalue weighted by Crippen LogP contribution is -2.25. The molecule has 4 nitrogen and oxygen atoms in total. The summed E-state index contributed by atoms with van der Waals surface area (Å²) in [5.41, 5.74) is 0.865. The summed E-state index contributed by atoms with van der Waals surface area (Å²) in [5, 5.41) is 5.64. The summed E-state index contributed by atoms with van der Waals surface area (Å²) in [5.74, 6) is 0.508. The van der Waals surface area contributed by atoms with Crippen molar-refractivity contribution in [3.05, 3.63) is 28.8 Å². The van der Waals surface area contributed by atoms with E-state index in [1.54, 1.807) is 18.2 Å². The molecule has 0 saturated carbocycles. The first-order valence-electron chi connectivity index (χ1n) is 4.88. The van der Waals surface area contributed by atoms with Gasteiger partial charge in [0.15, 0.2) is 0 Å². The molecule has 0 radical (unpaired) electrons. The van der Waals surface area contributed by atoms with E-state index in [0.717, 1.165) is 5.56 Å². The van der Waals surface area contributed by atoms with Crippen molar-refractivity contribution in [1.29, 1.82) is 0 Å². The molecule has 16 heavy (non-hydrogen) atoms. The first-order chi connectivity index (χ1) is 7.46. The van der Waals surface area contributed by atoms with Crippen LogP contribution in [0.25, 0.3) is 0 Å². The largest absolute Gasteiger partial charge is 0.493 e. The highest BCUT2D eigenvalue weighted by Crippen LogP contribution is 2.35. The summed E-state index contributed by atoms with van der Waals surface area (Å²) >= 11 is 5.83. The van der Waals surface area contributed by atoms with Crippen molar-refractivity contribution in [2.45, 2.75) is 12.3 Å². The van der Waals surface area contributed by atoms with E-state index < -0.39 is 10.0 Å². The molecule has 0 amide bonds. The Morgan fingerprint density at radius 3 is 2.94 bits per heavy atom. The molecule has 1 aromatic rings. The van der Waals surface area contributed by atoms with Crippen molar-refractivity contribution >= 4 is 21.6 Å². The van der Waals surface area contributed by atoms with E-state index in [4.69, 9.17) is 21.5 Å². The Kier molecular flexibility index (Phi) is 3.10. The topological polar surface area (TPSA) is 69.4 Å². The van der Waals surface area contributed by atoms with Crippen LogP contribution in [0.3, 0.4) is 0 Å². The fourth-order valence-electron chi connectivity index (χ4n) is 1.89. The van der Waals surface area contributed by atoms with Gasteiger partial charge >= 0.3 is 0 Å². The number of benzene rings is 1. The molecule has 1 heterocycles. The van der Waals surface area contributed by atoms with Gasteiger partial charge < -0.3 is 4.74 Å². The van der Waals surface area contributed by atoms with Crippen LogP contribution in [0, 0.1) is 0 Å². The standard InChI is InChI=1S/C10H12ClNO3S/c11-8-1-2-9-7(6-16(12,13)14)3-4-15-10(9)5-8/h1-2,5,7H,3-4,6H2,(H2,12,13,14)/t7-/m0/s1. The van der Waals surface area contributed by atoms with Crippen molar-refractivity contribution in [3.8, 4) is 5.75 Å². The third-order valence-electron chi connectivity index (χ3n) is 2.57. The van der Waals surface area contributed by atoms with E-state index in [1.807, 2.05) is 0 Å². The third kappa shape index (κ3) is 2.66. The van der Waals surface area contributed by atoms with Gasteiger partial charge in [0.2, 0.25) is 10.0 Å². The molecule has 2 rings (SSSR count). The Hall–Kier alpha value is -0.780. The number of halogens is 1. The van der Waals surface area contributed by atoms with Gasteiger partial charge in [0.05, 0.1) is 12.4 Å². The summed E-state index contributed by atoms with van der Waals surface area (Å²) in [6, 6.07) is 5.23. The minimum Gasteiger partial charge on any atom is -0.493 e. The molecule has 6 heteroatoms. The Labute approximate surface area is 99.4 Å². The SMILES string of the molecule is NS(=O)(=O)C[C@@H]1CCOc2cc(Cl)ccc21. The van der Waals surface area contributed by atoms with Gasteiger partial charge in [0.1, 0.15) is 5.75 Å². The van der Waals surface area contributed by atoms with E-state index in [0.29, 0.717) is 23.8 Å². The second kappa shape index (κ2) is 4.24. The third-order valence-corrected chi connectivity index (χ3v) is 3.67. The summed E-state index contributed by atoms with van der Waals surface area (Å²) in [6.07, 6.45) is 0.658. The fraction of sp³-hybridized carbons (Fsp3) is 0.400. The average molecular weight is 262 g/mol. The fourth-order valence-corrected chi connectivity index (χ4v) is 2.96. The van der Waals surface area contributed by atoms with Crippen LogP contribution in [-0.2, 0) is 10.0 Å². The van der Waals surface area contributed by atoms with Gasteiger partial charge in [0, 0.05) is 10.9 Å². The van der Waals surface area contributed by atoms with Crippen LogP contribution in [0.15, 0.2) is 18.2 Å². The van der Waals surface area contributed by atoms with E-state index in [-0.39, 0.29) is 11.7 Å². The van der Waals surface area contributed by atoms with Gasteiger partial charge in [-0.1, -0.05) is 17.7 Å². The lowest BCUT2D eigenvalue weighted by atomic mass is 9.95. The number of ether oxygens (including phenoxy) is 1. The normalized spacial score (nSPS) is 20.0. The zero-order valence-corrected chi connectivity index (χ0v) is 10.1. The van der Waals surface area contributed by atoms with Crippen molar-refractivity contribution in [3.63, 3.8) is 0 Å². The number of hydrogen-bond acceptors (Lipinski definition) is 3. The maximum atomic E-state index is 11.1. The molecular weight excluding hydrogens is 250 g/mol. The highest BCUT2D eigenvalue weighted by Gasteiger charge is 2.25. The maximum absolute atomic E-state index is 11.1. The highest BCUT2D eigenvalue weighted by atomic mass is 35.5. The van der Waals surface area contributed by atoms with Crippen molar-refractivity contribution in [1.82, 2.24) is 0 Å². The van der Waals surface area contributed by atoms with Gasteiger partial charge in [-0.2, -0.15) is 0 Å². The molecule has 0 fully saturated rings. The van der Waals surface area contributed by atoms with E-state index in [9.17, 15) is 8.42 Å². The summed E-state index contributed by atoms with van der Waals surface area (Å²) in [4.78, 5) is 0.